The Kier molecular flexibility index (Phi) is 4.02. The number of fused-ring (bicyclic) bond motifs is 1. The highest BCUT2D eigenvalue weighted by Crippen LogP contribution is 2.20. The number of aromatic nitrogens is 2. The second-order valence-electron chi connectivity index (χ2n) is 5.77. The van der Waals surface area contributed by atoms with Gasteiger partial charge in [0, 0.05) is 11.9 Å². The molecule has 0 atom stereocenters. The second-order valence-corrected chi connectivity index (χ2v) is 5.77. The maximum absolute atomic E-state index is 4.56. The Bertz CT molecular complexity index is 728. The van der Waals surface area contributed by atoms with Crippen LogP contribution in [-0.2, 0) is 6.54 Å². The molecule has 3 rings (SSSR count). The molecule has 3 heteroatoms. The van der Waals surface area contributed by atoms with Gasteiger partial charge in [0.1, 0.15) is 0 Å². The van der Waals surface area contributed by atoms with Crippen molar-refractivity contribution in [3.8, 4) is 5.69 Å². The average Bonchev–Trinajstić information content (AvgIpc) is 2.91. The maximum Gasteiger partial charge on any atom is 0.0741 e. The number of rotatable bonds is 5. The van der Waals surface area contributed by atoms with Gasteiger partial charge in [0.2, 0.25) is 0 Å². The highest BCUT2D eigenvalue weighted by Gasteiger charge is 2.08. The van der Waals surface area contributed by atoms with Gasteiger partial charge in [0.15, 0.2) is 0 Å². The third-order valence-corrected chi connectivity index (χ3v) is 3.57. The first kappa shape index (κ1) is 13.8. The number of hydrogen-bond acceptors (Lipinski definition) is 2. The molecule has 1 aromatic heterocycles. The topological polar surface area (TPSA) is 29.9 Å². The molecule has 0 radical (unpaired) electrons. The highest BCUT2D eigenvalue weighted by molar-refractivity contribution is 5.80. The molecule has 108 valence electrons. The zero-order valence-corrected chi connectivity index (χ0v) is 12.6. The van der Waals surface area contributed by atoms with E-state index in [0.29, 0.717) is 5.92 Å². The quantitative estimate of drug-likeness (QED) is 0.770. The molecular weight excluding hydrogens is 258 g/mol. The third-order valence-electron chi connectivity index (χ3n) is 3.57. The van der Waals surface area contributed by atoms with Gasteiger partial charge in [-0.3, -0.25) is 0 Å². The van der Waals surface area contributed by atoms with Crippen molar-refractivity contribution >= 4 is 10.9 Å². The first-order valence-electron chi connectivity index (χ1n) is 7.47. The summed E-state index contributed by atoms with van der Waals surface area (Å²) in [5, 5.41) is 9.24. The van der Waals surface area contributed by atoms with Crippen molar-refractivity contribution in [2.75, 3.05) is 6.54 Å². The Balaban J connectivity index is 1.95. The minimum atomic E-state index is 0.655. The minimum absolute atomic E-state index is 0.655. The lowest BCUT2D eigenvalue weighted by molar-refractivity contribution is 0.551. The summed E-state index contributed by atoms with van der Waals surface area (Å²) >= 11 is 0. The second kappa shape index (κ2) is 6.10. The van der Waals surface area contributed by atoms with Crippen LogP contribution < -0.4 is 5.32 Å². The summed E-state index contributed by atoms with van der Waals surface area (Å²) in [5.41, 5.74) is 3.57. The van der Waals surface area contributed by atoms with Gasteiger partial charge in [0.05, 0.1) is 17.4 Å². The molecular formula is C18H21N3. The first-order valence-corrected chi connectivity index (χ1v) is 7.47. The summed E-state index contributed by atoms with van der Waals surface area (Å²) in [7, 11) is 0. The predicted octanol–water partition coefficient (Wildman–Crippen LogP) is 3.77. The van der Waals surface area contributed by atoms with Gasteiger partial charge in [-0.05, 0) is 30.2 Å². The zero-order valence-electron chi connectivity index (χ0n) is 12.6. The van der Waals surface area contributed by atoms with Gasteiger partial charge in [0.25, 0.3) is 0 Å². The van der Waals surface area contributed by atoms with Crippen LogP contribution in [-0.4, -0.2) is 16.3 Å². The first-order chi connectivity index (χ1) is 10.3. The molecule has 1 heterocycles. The Morgan fingerprint density at radius 2 is 1.81 bits per heavy atom. The molecule has 0 spiro atoms. The molecule has 1 N–H and O–H groups in total. The Labute approximate surface area is 125 Å². The van der Waals surface area contributed by atoms with Crippen LogP contribution in [0.3, 0.4) is 0 Å². The monoisotopic (exact) mass is 279 g/mol. The molecule has 0 aliphatic heterocycles. The summed E-state index contributed by atoms with van der Waals surface area (Å²) in [6.07, 6.45) is 1.92. The van der Waals surface area contributed by atoms with Crippen LogP contribution in [0.4, 0.5) is 0 Å². The van der Waals surface area contributed by atoms with Crippen LogP contribution in [0, 0.1) is 5.92 Å². The Morgan fingerprint density at radius 1 is 1.05 bits per heavy atom. The van der Waals surface area contributed by atoms with Gasteiger partial charge in [-0.2, -0.15) is 5.10 Å². The van der Waals surface area contributed by atoms with Crippen molar-refractivity contribution < 1.29 is 0 Å². The van der Waals surface area contributed by atoms with E-state index in [2.05, 4.69) is 66.7 Å². The Morgan fingerprint density at radius 3 is 2.67 bits per heavy atom. The van der Waals surface area contributed by atoms with E-state index >= 15 is 0 Å². The minimum Gasteiger partial charge on any atom is -0.312 e. The molecule has 3 aromatic rings. The van der Waals surface area contributed by atoms with Crippen molar-refractivity contribution in [3.05, 3.63) is 60.3 Å². The molecule has 0 saturated carbocycles. The van der Waals surface area contributed by atoms with Crippen molar-refractivity contribution in [3.63, 3.8) is 0 Å². The lowest BCUT2D eigenvalue weighted by Crippen LogP contribution is -2.20. The summed E-state index contributed by atoms with van der Waals surface area (Å²) in [5.74, 6) is 0.655. The van der Waals surface area contributed by atoms with Gasteiger partial charge in [-0.15, -0.1) is 0 Å². The SMILES string of the molecule is CC(C)CNCc1ccccc1-n1ncc2ccccc21. The molecule has 0 saturated heterocycles. The fourth-order valence-electron chi connectivity index (χ4n) is 2.53. The van der Waals surface area contributed by atoms with Crippen LogP contribution in [0.2, 0.25) is 0 Å². The van der Waals surface area contributed by atoms with Crippen molar-refractivity contribution in [1.82, 2.24) is 15.1 Å². The largest absolute Gasteiger partial charge is 0.312 e. The molecule has 2 aromatic carbocycles. The average molecular weight is 279 g/mol. The van der Waals surface area contributed by atoms with Crippen LogP contribution in [0.5, 0.6) is 0 Å². The molecule has 0 unspecified atom stereocenters. The van der Waals surface area contributed by atoms with E-state index in [9.17, 15) is 0 Å². The number of hydrogen-bond donors (Lipinski definition) is 1. The van der Waals surface area contributed by atoms with Crippen molar-refractivity contribution in [1.29, 1.82) is 0 Å². The maximum atomic E-state index is 4.56. The predicted molar refractivity (Wildman–Crippen MR) is 87.6 cm³/mol. The zero-order chi connectivity index (χ0) is 14.7. The van der Waals surface area contributed by atoms with Crippen molar-refractivity contribution in [2.24, 2.45) is 5.92 Å². The van der Waals surface area contributed by atoms with Gasteiger partial charge < -0.3 is 5.32 Å². The van der Waals surface area contributed by atoms with Crippen LogP contribution in [0.15, 0.2) is 54.7 Å². The highest BCUT2D eigenvalue weighted by atomic mass is 15.3. The molecule has 21 heavy (non-hydrogen) atoms. The number of nitrogens with one attached hydrogen (secondary N) is 1. The smallest absolute Gasteiger partial charge is 0.0741 e. The summed E-state index contributed by atoms with van der Waals surface area (Å²) in [6, 6.07) is 16.8. The standard InChI is InChI=1S/C18H21N3/c1-14(2)11-19-12-15-7-3-5-9-17(15)21-18-10-6-4-8-16(18)13-20-21/h3-10,13-14,19H,11-12H2,1-2H3. The number of nitrogens with zero attached hydrogens (tertiary/aromatic N) is 2. The number of para-hydroxylation sites is 2. The van der Waals surface area contributed by atoms with E-state index in [1.807, 2.05) is 16.9 Å². The molecule has 0 amide bonds. The van der Waals surface area contributed by atoms with Crippen molar-refractivity contribution in [2.45, 2.75) is 20.4 Å². The van der Waals surface area contributed by atoms with Gasteiger partial charge in [-0.25, -0.2) is 4.68 Å². The molecule has 0 aliphatic rings. The van der Waals surface area contributed by atoms with E-state index in [1.165, 1.54) is 10.9 Å². The lowest BCUT2D eigenvalue weighted by atomic mass is 10.1. The van der Waals surface area contributed by atoms with Crippen LogP contribution in [0.25, 0.3) is 16.6 Å². The summed E-state index contributed by atoms with van der Waals surface area (Å²) in [6.45, 7) is 6.33. The van der Waals surface area contributed by atoms with Crippen LogP contribution in [0.1, 0.15) is 19.4 Å². The molecule has 0 aliphatic carbocycles. The van der Waals surface area contributed by atoms with Gasteiger partial charge in [-0.1, -0.05) is 50.2 Å². The van der Waals surface area contributed by atoms with E-state index in [4.69, 9.17) is 0 Å². The fraction of sp³-hybridized carbons (Fsp3) is 0.278. The third kappa shape index (κ3) is 2.98. The van der Waals surface area contributed by atoms with E-state index in [0.717, 1.165) is 24.3 Å². The van der Waals surface area contributed by atoms with E-state index in [-0.39, 0.29) is 0 Å². The summed E-state index contributed by atoms with van der Waals surface area (Å²) < 4.78 is 2.03. The van der Waals surface area contributed by atoms with Gasteiger partial charge >= 0.3 is 0 Å². The molecule has 0 fully saturated rings. The van der Waals surface area contributed by atoms with E-state index in [1.54, 1.807) is 0 Å². The van der Waals surface area contributed by atoms with E-state index < -0.39 is 0 Å². The lowest BCUT2D eigenvalue weighted by Gasteiger charge is -2.12. The normalized spacial score (nSPS) is 11.4. The Hall–Kier alpha value is -2.13. The molecule has 0 bridgehead atoms. The molecule has 3 nitrogen and oxygen atoms in total. The fourth-order valence-corrected chi connectivity index (χ4v) is 2.53. The van der Waals surface area contributed by atoms with Crippen LogP contribution >= 0.6 is 0 Å². The number of benzene rings is 2. The summed E-state index contributed by atoms with van der Waals surface area (Å²) in [4.78, 5) is 0.